The summed E-state index contributed by atoms with van der Waals surface area (Å²) in [6.07, 6.45) is -1.03. The average molecular weight is 234 g/mol. The van der Waals surface area contributed by atoms with Gasteiger partial charge < -0.3 is 15.6 Å². The molecule has 0 saturated carbocycles. The first-order valence-electron chi connectivity index (χ1n) is 4.43. The normalized spacial score (nSPS) is 12.7. The van der Waals surface area contributed by atoms with Crippen LogP contribution in [0.5, 0.6) is 5.75 Å². The molecule has 1 atom stereocenters. The molecule has 5 heteroatoms. The van der Waals surface area contributed by atoms with E-state index >= 15 is 0 Å². The maximum absolute atomic E-state index is 13.5. The van der Waals surface area contributed by atoms with Crippen LogP contribution in [0, 0.1) is 12.7 Å². The number of hydrogen-bond donors (Lipinski definition) is 2. The molecule has 0 fully saturated rings. The fourth-order valence-electron chi connectivity index (χ4n) is 1.38. The van der Waals surface area contributed by atoms with Crippen molar-refractivity contribution in [2.24, 2.45) is 5.73 Å². The van der Waals surface area contributed by atoms with Crippen LogP contribution in [-0.2, 0) is 0 Å². The van der Waals surface area contributed by atoms with E-state index in [1.807, 2.05) is 0 Å². The molecule has 84 valence electrons. The molecule has 1 aromatic carbocycles. The maximum Gasteiger partial charge on any atom is 0.165 e. The Balaban J connectivity index is 3.43. The Labute approximate surface area is 92.6 Å². The molecule has 3 nitrogen and oxygen atoms in total. The van der Waals surface area contributed by atoms with Crippen molar-refractivity contribution in [1.29, 1.82) is 0 Å². The molecule has 1 aromatic rings. The van der Waals surface area contributed by atoms with Crippen LogP contribution in [-0.4, -0.2) is 18.8 Å². The highest BCUT2D eigenvalue weighted by molar-refractivity contribution is 6.32. The molecule has 15 heavy (non-hydrogen) atoms. The summed E-state index contributed by atoms with van der Waals surface area (Å²) in [5.74, 6) is -0.606. The molecule has 0 amide bonds. The van der Waals surface area contributed by atoms with E-state index in [1.165, 1.54) is 13.2 Å². The van der Waals surface area contributed by atoms with Crippen LogP contribution in [0.25, 0.3) is 0 Å². The number of ether oxygens (including phenoxy) is 1. The Kier molecular flexibility index (Phi) is 3.90. The number of aliphatic hydroxyl groups is 1. The molecule has 0 aliphatic rings. The van der Waals surface area contributed by atoms with E-state index in [9.17, 15) is 9.50 Å². The first-order valence-corrected chi connectivity index (χ1v) is 4.81. The zero-order valence-electron chi connectivity index (χ0n) is 8.55. The molecule has 0 aromatic heterocycles. The minimum absolute atomic E-state index is 0.0427. The lowest BCUT2D eigenvalue weighted by Gasteiger charge is -2.17. The smallest absolute Gasteiger partial charge is 0.165 e. The Hall–Kier alpha value is -0.840. The van der Waals surface area contributed by atoms with Gasteiger partial charge in [0, 0.05) is 12.1 Å². The predicted molar refractivity (Wildman–Crippen MR) is 56.7 cm³/mol. The maximum atomic E-state index is 13.5. The van der Waals surface area contributed by atoms with Crippen molar-refractivity contribution in [3.63, 3.8) is 0 Å². The lowest BCUT2D eigenvalue weighted by atomic mass is 10.0. The molecule has 0 saturated heterocycles. The van der Waals surface area contributed by atoms with Gasteiger partial charge in [0.1, 0.15) is 0 Å². The van der Waals surface area contributed by atoms with Crippen LogP contribution in [0.1, 0.15) is 17.2 Å². The Morgan fingerprint density at radius 2 is 2.27 bits per heavy atom. The third kappa shape index (κ3) is 2.22. The molecule has 0 radical (unpaired) electrons. The van der Waals surface area contributed by atoms with Crippen LogP contribution in [0.3, 0.4) is 0 Å². The van der Waals surface area contributed by atoms with E-state index in [0.29, 0.717) is 5.56 Å². The van der Waals surface area contributed by atoms with Gasteiger partial charge in [0.25, 0.3) is 0 Å². The summed E-state index contributed by atoms with van der Waals surface area (Å²) in [7, 11) is 1.32. The van der Waals surface area contributed by atoms with Gasteiger partial charge in [-0.25, -0.2) is 4.39 Å². The van der Waals surface area contributed by atoms with E-state index in [2.05, 4.69) is 0 Å². The van der Waals surface area contributed by atoms with Crippen molar-refractivity contribution < 1.29 is 14.2 Å². The minimum Gasteiger partial charge on any atom is -0.493 e. The molecule has 0 aliphatic heterocycles. The molecule has 3 N–H and O–H groups in total. The molecular formula is C10H13ClFNO2. The molecular weight excluding hydrogens is 221 g/mol. The third-order valence-electron chi connectivity index (χ3n) is 2.15. The highest BCUT2D eigenvalue weighted by atomic mass is 35.5. The predicted octanol–water partition coefficient (Wildman–Crippen LogP) is 1.79. The van der Waals surface area contributed by atoms with Gasteiger partial charge >= 0.3 is 0 Å². The third-order valence-corrected chi connectivity index (χ3v) is 2.65. The lowest BCUT2D eigenvalue weighted by Crippen LogP contribution is -2.14. The van der Waals surface area contributed by atoms with E-state index in [0.717, 1.165) is 0 Å². The fourth-order valence-corrected chi connectivity index (χ4v) is 1.65. The number of halogens is 2. The highest BCUT2D eigenvalue weighted by Crippen LogP contribution is 2.36. The summed E-state index contributed by atoms with van der Waals surface area (Å²) in [5.41, 5.74) is 6.06. The molecule has 0 spiro atoms. The average Bonchev–Trinajstić information content (AvgIpc) is 2.21. The van der Waals surface area contributed by atoms with Gasteiger partial charge in [-0.05, 0) is 18.6 Å². The Morgan fingerprint density at radius 3 is 2.73 bits per heavy atom. The number of hydrogen-bond acceptors (Lipinski definition) is 3. The van der Waals surface area contributed by atoms with Gasteiger partial charge in [0.05, 0.1) is 18.2 Å². The number of aryl methyl sites for hydroxylation is 1. The summed E-state index contributed by atoms with van der Waals surface area (Å²) < 4.78 is 18.3. The van der Waals surface area contributed by atoms with Crippen molar-refractivity contribution in [3.05, 3.63) is 28.0 Å². The monoisotopic (exact) mass is 233 g/mol. The molecule has 1 unspecified atom stereocenters. The van der Waals surface area contributed by atoms with Gasteiger partial charge in [0.15, 0.2) is 11.6 Å². The quantitative estimate of drug-likeness (QED) is 0.837. The molecule has 1 rings (SSSR count). The van der Waals surface area contributed by atoms with E-state index < -0.39 is 11.9 Å². The van der Waals surface area contributed by atoms with Crippen molar-refractivity contribution in [1.82, 2.24) is 0 Å². The number of nitrogens with two attached hydrogens (primary N) is 1. The zero-order chi connectivity index (χ0) is 11.6. The molecule has 0 heterocycles. The van der Waals surface area contributed by atoms with Crippen molar-refractivity contribution in [2.45, 2.75) is 13.0 Å². The standard InChI is InChI=1S/C10H13ClFNO2/c1-5-3-6(12)10(15-2)8(9(5)11)7(14)4-13/h3,7,14H,4,13H2,1-2H3. The summed E-state index contributed by atoms with van der Waals surface area (Å²) in [6, 6.07) is 1.26. The zero-order valence-corrected chi connectivity index (χ0v) is 9.31. The topological polar surface area (TPSA) is 55.5 Å². The number of rotatable bonds is 3. The fraction of sp³-hybridized carbons (Fsp3) is 0.400. The van der Waals surface area contributed by atoms with Crippen molar-refractivity contribution in [2.75, 3.05) is 13.7 Å². The van der Waals surface area contributed by atoms with E-state index in [1.54, 1.807) is 6.92 Å². The SMILES string of the molecule is COc1c(F)cc(C)c(Cl)c1C(O)CN. The number of methoxy groups -OCH3 is 1. The highest BCUT2D eigenvalue weighted by Gasteiger charge is 2.21. The first kappa shape index (κ1) is 12.2. The van der Waals surface area contributed by atoms with Gasteiger partial charge in [0.2, 0.25) is 0 Å². The second kappa shape index (κ2) is 4.79. The van der Waals surface area contributed by atoms with Crippen LogP contribution in [0.15, 0.2) is 6.07 Å². The van der Waals surface area contributed by atoms with Gasteiger partial charge in [-0.3, -0.25) is 0 Å². The van der Waals surface area contributed by atoms with Gasteiger partial charge in [-0.15, -0.1) is 0 Å². The lowest BCUT2D eigenvalue weighted by molar-refractivity contribution is 0.181. The second-order valence-corrected chi connectivity index (χ2v) is 3.57. The number of aliphatic hydroxyl groups excluding tert-OH is 1. The van der Waals surface area contributed by atoms with Crippen LogP contribution in [0.2, 0.25) is 5.02 Å². The Bertz CT molecular complexity index is 371. The molecule has 0 bridgehead atoms. The summed E-state index contributed by atoms with van der Waals surface area (Å²) in [5, 5.41) is 9.90. The van der Waals surface area contributed by atoms with Crippen molar-refractivity contribution in [3.8, 4) is 5.75 Å². The van der Waals surface area contributed by atoms with Crippen LogP contribution in [0.4, 0.5) is 4.39 Å². The van der Waals surface area contributed by atoms with E-state index in [4.69, 9.17) is 22.1 Å². The van der Waals surface area contributed by atoms with E-state index in [-0.39, 0.29) is 22.9 Å². The summed E-state index contributed by atoms with van der Waals surface area (Å²) in [6.45, 7) is 1.61. The minimum atomic E-state index is -1.03. The first-order chi connectivity index (χ1) is 7.02. The van der Waals surface area contributed by atoms with Crippen LogP contribution < -0.4 is 10.5 Å². The Morgan fingerprint density at radius 1 is 1.67 bits per heavy atom. The molecule has 0 aliphatic carbocycles. The van der Waals surface area contributed by atoms with Gasteiger partial charge in [-0.2, -0.15) is 0 Å². The van der Waals surface area contributed by atoms with Crippen molar-refractivity contribution >= 4 is 11.6 Å². The number of benzene rings is 1. The van der Waals surface area contributed by atoms with Crippen LogP contribution >= 0.6 is 11.6 Å². The summed E-state index contributed by atoms with van der Waals surface area (Å²) in [4.78, 5) is 0. The second-order valence-electron chi connectivity index (χ2n) is 3.19. The largest absolute Gasteiger partial charge is 0.493 e. The summed E-state index contributed by atoms with van der Waals surface area (Å²) >= 11 is 5.96. The van der Waals surface area contributed by atoms with Gasteiger partial charge in [-0.1, -0.05) is 11.6 Å².